The molecule has 1 aliphatic carbocycles. The largest absolute Gasteiger partial charge is 0.484 e. The Labute approximate surface area is 318 Å². The Morgan fingerprint density at radius 3 is 2.32 bits per heavy atom. The molecule has 2 aromatic carbocycles. The lowest BCUT2D eigenvalue weighted by Gasteiger charge is -2.32. The molecule has 0 saturated carbocycles. The number of ether oxygens (including phenoxy) is 1. The molecule has 1 saturated heterocycles. The fourth-order valence-corrected chi connectivity index (χ4v) is 7.46. The van der Waals surface area contributed by atoms with E-state index in [2.05, 4.69) is 75.7 Å². The number of aromatic nitrogens is 5. The third kappa shape index (κ3) is 8.76. The maximum atomic E-state index is 13.2. The molecular weight excluding hydrogens is 717 g/mol. The predicted molar refractivity (Wildman–Crippen MR) is 206 cm³/mol. The van der Waals surface area contributed by atoms with Crippen molar-refractivity contribution in [3.8, 4) is 17.1 Å². The number of hydrogen-bond acceptors (Lipinski definition) is 8. The van der Waals surface area contributed by atoms with Crippen LogP contribution in [-0.4, -0.2) is 85.0 Å². The van der Waals surface area contributed by atoms with Crippen molar-refractivity contribution >= 4 is 47.2 Å². The highest BCUT2D eigenvalue weighted by atomic mass is 35.5. The number of carbonyl (C=O) groups excluding carboxylic acids is 1. The molecule has 15 heteroatoms. The topological polar surface area (TPSA) is 142 Å². The molecule has 2 atom stereocenters. The van der Waals surface area contributed by atoms with E-state index >= 15 is 0 Å². The van der Waals surface area contributed by atoms with Crippen molar-refractivity contribution < 1.29 is 19.4 Å². The van der Waals surface area contributed by atoms with Crippen LogP contribution in [0.4, 0.5) is 10.6 Å². The van der Waals surface area contributed by atoms with Gasteiger partial charge in [0.25, 0.3) is 6.47 Å². The van der Waals surface area contributed by atoms with E-state index in [-0.39, 0.29) is 30.1 Å². The number of fused-ring (bicyclic) bond motifs is 2. The second-order valence-corrected chi connectivity index (χ2v) is 15.3. The van der Waals surface area contributed by atoms with Gasteiger partial charge in [-0.1, -0.05) is 68.2 Å². The second kappa shape index (κ2) is 16.1. The summed E-state index contributed by atoms with van der Waals surface area (Å²) in [5.74, 6) is 1.85. The Kier molecular flexibility index (Phi) is 11.6. The van der Waals surface area contributed by atoms with E-state index in [1.807, 2.05) is 60.1 Å². The van der Waals surface area contributed by atoms with Crippen molar-refractivity contribution in [1.29, 1.82) is 0 Å². The number of nitrogens with zero attached hydrogens (tertiary/aromatic N) is 7. The highest BCUT2D eigenvalue weighted by molar-refractivity contribution is 6.39. The van der Waals surface area contributed by atoms with Crippen molar-refractivity contribution in [2.45, 2.75) is 57.7 Å². The number of rotatable bonds is 7. The van der Waals surface area contributed by atoms with Gasteiger partial charge in [-0.05, 0) is 60.8 Å². The van der Waals surface area contributed by atoms with Crippen LogP contribution >= 0.6 is 23.2 Å². The van der Waals surface area contributed by atoms with Gasteiger partial charge in [-0.15, -0.1) is 10.2 Å². The Morgan fingerprint density at radius 1 is 0.981 bits per heavy atom. The van der Waals surface area contributed by atoms with Crippen LogP contribution in [0.5, 0.6) is 5.75 Å². The van der Waals surface area contributed by atoms with Gasteiger partial charge in [0, 0.05) is 51.3 Å². The van der Waals surface area contributed by atoms with Crippen LogP contribution in [0.1, 0.15) is 68.1 Å². The van der Waals surface area contributed by atoms with Gasteiger partial charge in [-0.3, -0.25) is 24.1 Å². The average Bonchev–Trinajstić information content (AvgIpc) is 3.70. The minimum absolute atomic E-state index is 0.123. The molecule has 13 nitrogen and oxygen atoms in total. The summed E-state index contributed by atoms with van der Waals surface area (Å²) in [5.41, 5.74) is 5.21. The number of nitrogens with one attached hydrogen (secondary N) is 2. The van der Waals surface area contributed by atoms with Crippen LogP contribution in [0.2, 0.25) is 10.0 Å². The van der Waals surface area contributed by atoms with Crippen molar-refractivity contribution in [3.63, 3.8) is 0 Å². The van der Waals surface area contributed by atoms with Crippen LogP contribution in [0.3, 0.4) is 0 Å². The lowest BCUT2D eigenvalue weighted by Crippen LogP contribution is -2.43. The summed E-state index contributed by atoms with van der Waals surface area (Å²) in [4.78, 5) is 26.3. The zero-order valence-electron chi connectivity index (χ0n) is 30.5. The number of carboxylic acid groups (broad SMARTS) is 1. The van der Waals surface area contributed by atoms with Gasteiger partial charge in [0.05, 0.1) is 33.5 Å². The number of halogens is 2. The van der Waals surface area contributed by atoms with Crippen LogP contribution in [-0.2, 0) is 23.8 Å². The number of aryl methyl sites for hydroxylation is 1. The Hall–Kier alpha value is -4.69. The summed E-state index contributed by atoms with van der Waals surface area (Å²) in [7, 11) is 3.98. The van der Waals surface area contributed by atoms with Crippen molar-refractivity contribution in [2.75, 3.05) is 38.5 Å². The summed E-state index contributed by atoms with van der Waals surface area (Å²) in [6.45, 7) is 10.9. The zero-order chi connectivity index (χ0) is 37.9. The molecule has 7 rings (SSSR count). The SMILES string of the molecule is CN1CCN(Cc2cc(Cl)c(-c3nnc4ccc(O[C@@H]5CC[C@H](NC(=O)Nc6cc(C(C)(C)C)nn6C)c6ccccc65)cn34)c(Cl)c2)CC1.O=CO. The van der Waals surface area contributed by atoms with Gasteiger partial charge in [-0.25, -0.2) is 4.79 Å². The summed E-state index contributed by atoms with van der Waals surface area (Å²) >= 11 is 13.8. The van der Waals surface area contributed by atoms with Crippen LogP contribution in [0.15, 0.2) is 60.8 Å². The van der Waals surface area contributed by atoms with Crippen LogP contribution in [0.25, 0.3) is 17.0 Å². The number of piperazine rings is 1. The first-order valence-electron chi connectivity index (χ1n) is 17.5. The first-order valence-corrected chi connectivity index (χ1v) is 18.3. The van der Waals surface area contributed by atoms with E-state index in [0.29, 0.717) is 51.5 Å². The van der Waals surface area contributed by atoms with E-state index in [1.165, 1.54) is 0 Å². The molecule has 0 spiro atoms. The molecule has 2 aliphatic rings. The van der Waals surface area contributed by atoms with Gasteiger partial charge in [0.15, 0.2) is 11.5 Å². The van der Waals surface area contributed by atoms with Gasteiger partial charge in [0.2, 0.25) is 0 Å². The minimum Gasteiger partial charge on any atom is -0.484 e. The molecule has 2 amide bonds. The van der Waals surface area contributed by atoms with E-state index in [1.54, 1.807) is 4.68 Å². The first-order chi connectivity index (χ1) is 25.3. The summed E-state index contributed by atoms with van der Waals surface area (Å²) in [5, 5.41) is 27.5. The van der Waals surface area contributed by atoms with E-state index in [9.17, 15) is 4.79 Å². The molecule has 0 bridgehead atoms. The summed E-state index contributed by atoms with van der Waals surface area (Å²) < 4.78 is 10.2. The molecular formula is C38H45Cl2N9O4. The third-order valence-electron chi connectivity index (χ3n) is 9.61. The Bertz CT molecular complexity index is 2060. The number of hydrogen-bond donors (Lipinski definition) is 3. The van der Waals surface area contributed by atoms with Gasteiger partial charge in [0.1, 0.15) is 17.7 Å². The molecule has 0 unspecified atom stereocenters. The first kappa shape index (κ1) is 38.0. The van der Waals surface area contributed by atoms with E-state index in [0.717, 1.165) is 55.1 Å². The number of pyridine rings is 1. The predicted octanol–water partition coefficient (Wildman–Crippen LogP) is 6.96. The van der Waals surface area contributed by atoms with Crippen molar-refractivity contribution in [1.82, 2.24) is 39.5 Å². The highest BCUT2D eigenvalue weighted by Gasteiger charge is 2.30. The van der Waals surface area contributed by atoms with Crippen LogP contribution < -0.4 is 15.4 Å². The minimum atomic E-state index is -0.275. The number of carbonyl (C=O) groups is 2. The number of likely N-dealkylation sites (N-methyl/N-ethyl adjacent to an activating group) is 1. The normalized spacial score (nSPS) is 17.8. The number of benzene rings is 2. The number of anilines is 1. The highest BCUT2D eigenvalue weighted by Crippen LogP contribution is 2.40. The van der Waals surface area contributed by atoms with Crippen LogP contribution in [0, 0.1) is 0 Å². The number of urea groups is 1. The Balaban J connectivity index is 0.00000155. The molecule has 280 valence electrons. The standard InChI is InChI=1S/C37H43Cl2N9O2.CH2O2/c1-37(2,3)31-20-33(46(5)44-31)41-36(49)40-29-11-12-30(26-9-7-6-8-25(26)29)50-24-10-13-32-42-43-35(48(32)22-24)34-27(38)18-23(19-28(34)39)21-47-16-14-45(4)15-17-47;2-1-3/h6-10,13,18-20,22,29-30H,11-12,14-17,21H2,1-5H3,(H2,40,41,49);1H,(H,2,3)/t29-,30+;/m0./s1. The van der Waals surface area contributed by atoms with E-state index < -0.39 is 0 Å². The molecule has 0 radical (unpaired) electrons. The van der Waals surface area contributed by atoms with Gasteiger partial charge < -0.3 is 20.1 Å². The molecule has 5 aromatic rings. The smallest absolute Gasteiger partial charge is 0.320 e. The molecule has 4 heterocycles. The number of amides is 2. The van der Waals surface area contributed by atoms with Crippen molar-refractivity contribution in [3.05, 3.63) is 93.2 Å². The van der Waals surface area contributed by atoms with Gasteiger partial charge in [-0.2, -0.15) is 5.10 Å². The summed E-state index contributed by atoms with van der Waals surface area (Å²) in [6, 6.07) is 17.3. The molecule has 1 fully saturated rings. The maximum absolute atomic E-state index is 13.2. The van der Waals surface area contributed by atoms with Gasteiger partial charge >= 0.3 is 6.03 Å². The molecule has 53 heavy (non-hydrogen) atoms. The lowest BCUT2D eigenvalue weighted by molar-refractivity contribution is -0.122. The van der Waals surface area contributed by atoms with E-state index in [4.69, 9.17) is 37.8 Å². The quantitative estimate of drug-likeness (QED) is 0.150. The Morgan fingerprint density at radius 2 is 1.66 bits per heavy atom. The molecule has 3 N–H and O–H groups in total. The fraction of sp³-hybridized carbons (Fsp3) is 0.395. The monoisotopic (exact) mass is 761 g/mol. The third-order valence-corrected chi connectivity index (χ3v) is 10.2. The van der Waals surface area contributed by atoms with Crippen molar-refractivity contribution in [2.24, 2.45) is 7.05 Å². The molecule has 1 aliphatic heterocycles. The lowest BCUT2D eigenvalue weighted by atomic mass is 9.85. The summed E-state index contributed by atoms with van der Waals surface area (Å²) in [6.07, 6.45) is 3.09. The zero-order valence-corrected chi connectivity index (χ0v) is 32.0. The molecule has 3 aromatic heterocycles. The average molecular weight is 763 g/mol. The second-order valence-electron chi connectivity index (χ2n) is 14.5. The maximum Gasteiger partial charge on any atom is 0.320 e. The fourth-order valence-electron chi connectivity index (χ4n) is 6.75.